The van der Waals surface area contributed by atoms with Gasteiger partial charge in [-0.05, 0) is 6.08 Å². The van der Waals surface area contributed by atoms with Crippen molar-refractivity contribution in [3.8, 4) is 0 Å². The summed E-state index contributed by atoms with van der Waals surface area (Å²) < 4.78 is 70.3. The van der Waals surface area contributed by atoms with Crippen LogP contribution in [0, 0.1) is 0 Å². The van der Waals surface area contributed by atoms with Crippen LogP contribution in [-0.2, 0) is 14.3 Å². The first-order valence-electron chi connectivity index (χ1n) is 4.53. The van der Waals surface area contributed by atoms with Crippen molar-refractivity contribution in [2.45, 2.75) is 24.3 Å². The number of carbonyl (C=O) groups is 1. The molecule has 98 valence electrons. The number of carbonyl (C=O) groups excluding carboxylic acids is 1. The minimum Gasteiger partial charge on any atom is -0.366 e. The van der Waals surface area contributed by atoms with Crippen LogP contribution in [0.2, 0.25) is 0 Å². The Kier molecular flexibility index (Phi) is 3.88. The molecule has 0 N–H and O–H groups in total. The summed E-state index contributed by atoms with van der Waals surface area (Å²) in [5.41, 5.74) is 0. The molecule has 0 amide bonds. The molecule has 3 nitrogen and oxygen atoms in total. The number of halogens is 5. The number of alkyl halides is 5. The third-order valence-corrected chi connectivity index (χ3v) is 2.18. The van der Waals surface area contributed by atoms with Crippen molar-refractivity contribution in [1.82, 2.24) is 0 Å². The maximum atomic E-state index is 12.8. The lowest BCUT2D eigenvalue weighted by Crippen LogP contribution is -2.62. The highest BCUT2D eigenvalue weighted by atomic mass is 19.4. The maximum absolute atomic E-state index is 12.8. The van der Waals surface area contributed by atoms with Crippen LogP contribution < -0.4 is 0 Å². The number of hydrogen-bond donors (Lipinski definition) is 0. The molecule has 0 radical (unpaired) electrons. The molecule has 0 aromatic rings. The Morgan fingerprint density at radius 1 is 1.41 bits per heavy atom. The lowest BCUT2D eigenvalue weighted by atomic mass is 10.0. The van der Waals surface area contributed by atoms with Crippen LogP contribution in [0.1, 0.15) is 0 Å². The Morgan fingerprint density at radius 3 is 2.35 bits per heavy atom. The van der Waals surface area contributed by atoms with Gasteiger partial charge in [0.25, 0.3) is 0 Å². The van der Waals surface area contributed by atoms with Gasteiger partial charge in [0, 0.05) is 0 Å². The van der Waals surface area contributed by atoms with Crippen LogP contribution in [0.25, 0.3) is 0 Å². The van der Waals surface area contributed by atoms with Gasteiger partial charge < -0.3 is 9.47 Å². The fraction of sp³-hybridized carbons (Fsp3) is 0.667. The standard InChI is InChI=1S/C9H9F5O3/c1-2-5(15)3-16-6-4-17-7(6)8(10,11)9(12,13)14/h2,6-7H,1,3-4H2. The van der Waals surface area contributed by atoms with E-state index in [1.165, 1.54) is 0 Å². The van der Waals surface area contributed by atoms with Crippen molar-refractivity contribution >= 4 is 5.78 Å². The zero-order chi connectivity index (χ0) is 13.3. The predicted molar refractivity (Wildman–Crippen MR) is 45.7 cm³/mol. The molecular formula is C9H9F5O3. The van der Waals surface area contributed by atoms with E-state index in [1.54, 1.807) is 0 Å². The second-order valence-electron chi connectivity index (χ2n) is 3.39. The molecular weight excluding hydrogens is 251 g/mol. The van der Waals surface area contributed by atoms with Crippen LogP contribution in [0.5, 0.6) is 0 Å². The minimum atomic E-state index is -5.71. The van der Waals surface area contributed by atoms with E-state index < -0.39 is 43.3 Å². The summed E-state index contributed by atoms with van der Waals surface area (Å²) in [7, 11) is 0. The first-order valence-corrected chi connectivity index (χ1v) is 4.53. The average Bonchev–Trinajstić information content (AvgIpc) is 2.13. The molecule has 0 aliphatic carbocycles. The fourth-order valence-electron chi connectivity index (χ4n) is 1.15. The third-order valence-electron chi connectivity index (χ3n) is 2.18. The smallest absolute Gasteiger partial charge is 0.366 e. The van der Waals surface area contributed by atoms with Crippen molar-refractivity contribution in [3.63, 3.8) is 0 Å². The van der Waals surface area contributed by atoms with E-state index in [0.717, 1.165) is 6.08 Å². The van der Waals surface area contributed by atoms with Crippen molar-refractivity contribution in [1.29, 1.82) is 0 Å². The van der Waals surface area contributed by atoms with E-state index >= 15 is 0 Å². The Labute approximate surface area is 93.2 Å². The maximum Gasteiger partial charge on any atom is 0.456 e. The minimum absolute atomic E-state index is 0.402. The molecule has 8 heteroatoms. The lowest BCUT2D eigenvalue weighted by Gasteiger charge is -2.41. The first-order chi connectivity index (χ1) is 7.70. The third kappa shape index (κ3) is 2.81. The molecule has 1 saturated heterocycles. The highest BCUT2D eigenvalue weighted by Gasteiger charge is 2.67. The molecule has 0 aromatic carbocycles. The van der Waals surface area contributed by atoms with Gasteiger partial charge in [-0.25, -0.2) is 0 Å². The number of rotatable bonds is 5. The molecule has 1 fully saturated rings. The van der Waals surface area contributed by atoms with E-state index in [4.69, 9.17) is 0 Å². The van der Waals surface area contributed by atoms with E-state index in [-0.39, 0.29) is 0 Å². The Morgan fingerprint density at radius 2 is 2.00 bits per heavy atom. The van der Waals surface area contributed by atoms with Gasteiger partial charge in [-0.15, -0.1) is 0 Å². The van der Waals surface area contributed by atoms with Gasteiger partial charge in [0.05, 0.1) is 6.61 Å². The zero-order valence-corrected chi connectivity index (χ0v) is 8.47. The van der Waals surface area contributed by atoms with Crippen molar-refractivity contribution in [2.24, 2.45) is 0 Å². The average molecular weight is 260 g/mol. The summed E-state index contributed by atoms with van der Waals surface area (Å²) >= 11 is 0. The van der Waals surface area contributed by atoms with Gasteiger partial charge in [0.2, 0.25) is 0 Å². The molecule has 0 spiro atoms. The Bertz CT molecular complexity index is 312. The Hall–Kier alpha value is -1.02. The first kappa shape index (κ1) is 14.0. The zero-order valence-electron chi connectivity index (χ0n) is 8.47. The summed E-state index contributed by atoms with van der Waals surface area (Å²) in [4.78, 5) is 10.7. The molecule has 0 bridgehead atoms. The van der Waals surface area contributed by atoms with E-state index in [9.17, 15) is 26.7 Å². The molecule has 2 atom stereocenters. The SMILES string of the molecule is C=CC(=O)COC1COC1C(F)(F)C(F)(F)F. The largest absolute Gasteiger partial charge is 0.456 e. The molecule has 1 rings (SSSR count). The molecule has 17 heavy (non-hydrogen) atoms. The normalized spacial score (nSPS) is 25.2. The van der Waals surface area contributed by atoms with Gasteiger partial charge in [0.1, 0.15) is 12.7 Å². The predicted octanol–water partition coefficient (Wildman–Crippen LogP) is 1.72. The summed E-state index contributed by atoms with van der Waals surface area (Å²) in [6.07, 6.45) is -8.67. The Balaban J connectivity index is 2.57. The molecule has 0 saturated carbocycles. The summed E-state index contributed by atoms with van der Waals surface area (Å²) in [5, 5.41) is 0. The van der Waals surface area contributed by atoms with Gasteiger partial charge in [0.15, 0.2) is 11.9 Å². The van der Waals surface area contributed by atoms with E-state index in [0.29, 0.717) is 0 Å². The molecule has 1 aliphatic rings. The van der Waals surface area contributed by atoms with Crippen LogP contribution in [-0.4, -0.2) is 43.3 Å². The van der Waals surface area contributed by atoms with Gasteiger partial charge >= 0.3 is 12.1 Å². The van der Waals surface area contributed by atoms with E-state index in [2.05, 4.69) is 16.1 Å². The van der Waals surface area contributed by atoms with Crippen molar-refractivity contribution in [3.05, 3.63) is 12.7 Å². The van der Waals surface area contributed by atoms with Crippen LogP contribution in [0.3, 0.4) is 0 Å². The molecule has 1 aliphatic heterocycles. The number of ether oxygens (including phenoxy) is 2. The van der Waals surface area contributed by atoms with Crippen LogP contribution in [0.15, 0.2) is 12.7 Å². The quantitative estimate of drug-likeness (QED) is 0.557. The number of hydrogen-bond acceptors (Lipinski definition) is 3. The molecule has 2 unspecified atom stereocenters. The summed E-state index contributed by atoms with van der Waals surface area (Å²) in [6, 6.07) is 0. The van der Waals surface area contributed by atoms with Crippen molar-refractivity contribution in [2.75, 3.05) is 13.2 Å². The summed E-state index contributed by atoms with van der Waals surface area (Å²) in [5.74, 6) is -5.60. The van der Waals surface area contributed by atoms with Gasteiger partial charge in [-0.3, -0.25) is 4.79 Å². The molecule has 0 aromatic heterocycles. The van der Waals surface area contributed by atoms with Crippen molar-refractivity contribution < 1.29 is 36.2 Å². The van der Waals surface area contributed by atoms with Gasteiger partial charge in [-0.1, -0.05) is 6.58 Å². The van der Waals surface area contributed by atoms with E-state index in [1.807, 2.05) is 0 Å². The fourth-order valence-corrected chi connectivity index (χ4v) is 1.15. The van der Waals surface area contributed by atoms with Gasteiger partial charge in [-0.2, -0.15) is 22.0 Å². The highest BCUT2D eigenvalue weighted by molar-refractivity contribution is 5.90. The highest BCUT2D eigenvalue weighted by Crippen LogP contribution is 2.43. The molecule has 1 heterocycles. The lowest BCUT2D eigenvalue weighted by molar-refractivity contribution is -0.361. The topological polar surface area (TPSA) is 35.5 Å². The second kappa shape index (κ2) is 4.69. The second-order valence-corrected chi connectivity index (χ2v) is 3.39. The monoisotopic (exact) mass is 260 g/mol. The van der Waals surface area contributed by atoms with Crippen LogP contribution >= 0.6 is 0 Å². The summed E-state index contributed by atoms with van der Waals surface area (Å²) in [6.45, 7) is 2.10. The number of ketones is 1. The van der Waals surface area contributed by atoms with Crippen LogP contribution in [0.4, 0.5) is 22.0 Å².